The summed E-state index contributed by atoms with van der Waals surface area (Å²) in [6, 6.07) is 16.5. The van der Waals surface area contributed by atoms with E-state index >= 15 is 0 Å². The molecule has 5 heteroatoms. The van der Waals surface area contributed by atoms with Crippen molar-refractivity contribution in [3.63, 3.8) is 0 Å². The predicted octanol–water partition coefficient (Wildman–Crippen LogP) is 4.42. The molecule has 28 heavy (non-hydrogen) atoms. The summed E-state index contributed by atoms with van der Waals surface area (Å²) in [5, 5.41) is 14.8. The van der Waals surface area contributed by atoms with Crippen molar-refractivity contribution in [2.24, 2.45) is 0 Å². The lowest BCUT2D eigenvalue weighted by Crippen LogP contribution is -2.38. The van der Waals surface area contributed by atoms with E-state index in [1.165, 1.54) is 16.6 Å². The number of para-hydroxylation sites is 1. The molecule has 0 amide bonds. The fraction of sp³-hybridized carbons (Fsp3) is 0.348. The van der Waals surface area contributed by atoms with Crippen LogP contribution in [0.5, 0.6) is 11.5 Å². The molecule has 1 fully saturated rings. The maximum atomic E-state index is 9.87. The second-order valence-corrected chi connectivity index (χ2v) is 7.31. The molecule has 1 aliphatic rings. The molecule has 0 spiro atoms. The number of aromatic nitrogens is 1. The van der Waals surface area contributed by atoms with E-state index in [0.717, 1.165) is 38.0 Å². The summed E-state index contributed by atoms with van der Waals surface area (Å²) in [5.41, 5.74) is 3.37. The Hall–Kier alpha value is -2.79. The molecule has 0 radical (unpaired) electrons. The number of aromatic hydroxyl groups is 1. The van der Waals surface area contributed by atoms with E-state index in [2.05, 4.69) is 39.5 Å². The number of hydrogen-bond acceptors (Lipinski definition) is 5. The van der Waals surface area contributed by atoms with Gasteiger partial charge in [0.15, 0.2) is 11.5 Å². The van der Waals surface area contributed by atoms with Crippen molar-refractivity contribution in [2.75, 3.05) is 25.0 Å². The van der Waals surface area contributed by atoms with E-state index in [0.29, 0.717) is 18.4 Å². The van der Waals surface area contributed by atoms with Gasteiger partial charge >= 0.3 is 0 Å². The van der Waals surface area contributed by atoms with Gasteiger partial charge < -0.3 is 15.2 Å². The van der Waals surface area contributed by atoms with E-state index in [1.807, 2.05) is 31.3 Å². The summed E-state index contributed by atoms with van der Waals surface area (Å²) in [6.45, 7) is 5.45. The van der Waals surface area contributed by atoms with Crippen LogP contribution in [0.1, 0.15) is 25.3 Å². The zero-order chi connectivity index (χ0) is 19.3. The standard InChI is InChI=1S/C23H27N3O2/c1-2-28-23-15-17(7-8-22(23)27)16-26-13-10-18(11-14-26)25-21-9-12-24-20-6-4-3-5-19(20)21/h3-9,12,15,18,27H,2,10-11,13-14,16H2,1H3,(H,24,25). The lowest BCUT2D eigenvalue weighted by Gasteiger charge is -2.33. The number of pyridine rings is 1. The zero-order valence-electron chi connectivity index (χ0n) is 16.3. The Morgan fingerprint density at radius 3 is 2.79 bits per heavy atom. The van der Waals surface area contributed by atoms with E-state index in [1.54, 1.807) is 6.07 Å². The first-order valence-electron chi connectivity index (χ1n) is 10.0. The van der Waals surface area contributed by atoms with Crippen molar-refractivity contribution in [1.29, 1.82) is 0 Å². The van der Waals surface area contributed by atoms with Gasteiger partial charge in [-0.25, -0.2) is 0 Å². The number of phenols is 1. The molecule has 2 N–H and O–H groups in total. The number of anilines is 1. The lowest BCUT2D eigenvalue weighted by molar-refractivity contribution is 0.211. The molecule has 5 nitrogen and oxygen atoms in total. The number of nitrogens with zero attached hydrogens (tertiary/aromatic N) is 2. The first-order valence-corrected chi connectivity index (χ1v) is 10.0. The van der Waals surface area contributed by atoms with Crippen LogP contribution in [0.3, 0.4) is 0 Å². The van der Waals surface area contributed by atoms with Crippen LogP contribution in [0.4, 0.5) is 5.69 Å². The molecule has 0 atom stereocenters. The number of nitrogens with one attached hydrogen (secondary N) is 1. The molecule has 0 saturated carbocycles. The number of fused-ring (bicyclic) bond motifs is 1. The van der Waals surface area contributed by atoms with Gasteiger partial charge in [-0.1, -0.05) is 24.3 Å². The molecule has 1 aliphatic heterocycles. The van der Waals surface area contributed by atoms with Crippen molar-refractivity contribution < 1.29 is 9.84 Å². The molecule has 1 aromatic heterocycles. The Kier molecular flexibility index (Phi) is 5.63. The van der Waals surface area contributed by atoms with Gasteiger partial charge in [0.1, 0.15) is 0 Å². The zero-order valence-corrected chi connectivity index (χ0v) is 16.3. The molecule has 146 valence electrons. The van der Waals surface area contributed by atoms with Crippen molar-refractivity contribution in [3.8, 4) is 11.5 Å². The number of piperidine rings is 1. The van der Waals surface area contributed by atoms with E-state index in [-0.39, 0.29) is 5.75 Å². The third-order valence-corrected chi connectivity index (χ3v) is 5.33. The summed E-state index contributed by atoms with van der Waals surface area (Å²) in [4.78, 5) is 6.91. The maximum absolute atomic E-state index is 9.87. The van der Waals surface area contributed by atoms with Crippen LogP contribution in [-0.2, 0) is 6.54 Å². The van der Waals surface area contributed by atoms with Gasteiger partial charge in [0.05, 0.1) is 12.1 Å². The third-order valence-electron chi connectivity index (χ3n) is 5.33. The van der Waals surface area contributed by atoms with Crippen molar-refractivity contribution in [3.05, 3.63) is 60.3 Å². The second-order valence-electron chi connectivity index (χ2n) is 7.31. The minimum Gasteiger partial charge on any atom is -0.504 e. The van der Waals surface area contributed by atoms with Crippen LogP contribution < -0.4 is 10.1 Å². The van der Waals surface area contributed by atoms with E-state index < -0.39 is 0 Å². The number of ether oxygens (including phenoxy) is 1. The highest BCUT2D eigenvalue weighted by atomic mass is 16.5. The summed E-state index contributed by atoms with van der Waals surface area (Å²) in [7, 11) is 0. The van der Waals surface area contributed by atoms with Crippen LogP contribution in [-0.4, -0.2) is 40.7 Å². The Balaban J connectivity index is 1.35. The molecule has 0 bridgehead atoms. The third kappa shape index (κ3) is 4.20. The Labute approximate surface area is 166 Å². The van der Waals surface area contributed by atoms with Crippen molar-refractivity contribution in [1.82, 2.24) is 9.88 Å². The van der Waals surface area contributed by atoms with Gasteiger partial charge in [-0.3, -0.25) is 9.88 Å². The SMILES string of the molecule is CCOc1cc(CN2CCC(Nc3ccnc4ccccc34)CC2)ccc1O. The van der Waals surface area contributed by atoms with Crippen molar-refractivity contribution in [2.45, 2.75) is 32.4 Å². The average Bonchev–Trinajstić information content (AvgIpc) is 2.72. The lowest BCUT2D eigenvalue weighted by atomic mass is 10.0. The number of likely N-dealkylation sites (tertiary alicyclic amines) is 1. The Bertz CT molecular complexity index is 931. The number of phenolic OH excluding ortho intramolecular Hbond substituents is 1. The summed E-state index contributed by atoms with van der Waals surface area (Å²) >= 11 is 0. The Morgan fingerprint density at radius 1 is 1.14 bits per heavy atom. The minimum atomic E-state index is 0.207. The van der Waals surface area contributed by atoms with Crippen LogP contribution in [0, 0.1) is 0 Å². The average molecular weight is 377 g/mol. The highest BCUT2D eigenvalue weighted by molar-refractivity contribution is 5.90. The molecule has 2 heterocycles. The van der Waals surface area contributed by atoms with Gasteiger partial charge in [-0.05, 0) is 49.6 Å². The largest absolute Gasteiger partial charge is 0.504 e. The fourth-order valence-electron chi connectivity index (χ4n) is 3.86. The van der Waals surface area contributed by atoms with Crippen LogP contribution in [0.15, 0.2) is 54.7 Å². The summed E-state index contributed by atoms with van der Waals surface area (Å²) in [6.07, 6.45) is 4.08. The fourth-order valence-corrected chi connectivity index (χ4v) is 3.86. The quantitative estimate of drug-likeness (QED) is 0.666. The van der Waals surface area contributed by atoms with Gasteiger partial charge in [-0.2, -0.15) is 0 Å². The van der Waals surface area contributed by atoms with Gasteiger partial charge in [0.25, 0.3) is 0 Å². The monoisotopic (exact) mass is 377 g/mol. The Morgan fingerprint density at radius 2 is 1.96 bits per heavy atom. The van der Waals surface area contributed by atoms with Gasteiger partial charge in [0.2, 0.25) is 0 Å². The van der Waals surface area contributed by atoms with Gasteiger partial charge in [0, 0.05) is 42.9 Å². The van der Waals surface area contributed by atoms with Crippen LogP contribution in [0.25, 0.3) is 10.9 Å². The number of rotatable bonds is 6. The van der Waals surface area contributed by atoms with E-state index in [9.17, 15) is 5.11 Å². The maximum Gasteiger partial charge on any atom is 0.161 e. The molecule has 0 unspecified atom stereocenters. The van der Waals surface area contributed by atoms with Gasteiger partial charge in [-0.15, -0.1) is 0 Å². The number of benzene rings is 2. The van der Waals surface area contributed by atoms with Crippen LogP contribution in [0.2, 0.25) is 0 Å². The molecule has 4 rings (SSSR count). The molecule has 0 aliphatic carbocycles. The molecule has 3 aromatic rings. The highest BCUT2D eigenvalue weighted by Crippen LogP contribution is 2.28. The topological polar surface area (TPSA) is 57.6 Å². The first-order chi connectivity index (χ1) is 13.7. The van der Waals surface area contributed by atoms with Crippen molar-refractivity contribution >= 4 is 16.6 Å². The summed E-state index contributed by atoms with van der Waals surface area (Å²) in [5.74, 6) is 0.777. The second kappa shape index (κ2) is 8.48. The predicted molar refractivity (Wildman–Crippen MR) is 113 cm³/mol. The van der Waals surface area contributed by atoms with E-state index in [4.69, 9.17) is 4.74 Å². The molecule has 1 saturated heterocycles. The smallest absolute Gasteiger partial charge is 0.161 e. The first kappa shape index (κ1) is 18.6. The number of hydrogen-bond donors (Lipinski definition) is 2. The minimum absolute atomic E-state index is 0.207. The molecular weight excluding hydrogens is 350 g/mol. The highest BCUT2D eigenvalue weighted by Gasteiger charge is 2.20. The molecule has 2 aromatic carbocycles. The summed E-state index contributed by atoms with van der Waals surface area (Å²) < 4.78 is 5.50. The molecular formula is C23H27N3O2. The normalized spacial score (nSPS) is 15.6. The van der Waals surface area contributed by atoms with Crippen LogP contribution >= 0.6 is 0 Å².